The fourth-order valence-electron chi connectivity index (χ4n) is 2.98. The topological polar surface area (TPSA) is 123 Å². The zero-order valence-corrected chi connectivity index (χ0v) is 18.8. The third-order valence-corrected chi connectivity index (χ3v) is 4.93. The average Bonchev–Trinajstić information content (AvgIpc) is 2.86. The number of carbonyl (C=O) groups is 2. The van der Waals surface area contributed by atoms with E-state index in [1.165, 1.54) is 19.2 Å². The number of pyridine rings is 1. The van der Waals surface area contributed by atoms with E-state index in [9.17, 15) is 19.7 Å². The second-order valence-corrected chi connectivity index (χ2v) is 7.23. The third kappa shape index (κ3) is 5.82. The number of esters is 1. The van der Waals surface area contributed by atoms with Crippen LogP contribution in [0.25, 0.3) is 11.1 Å². The number of non-ortho nitro benzene ring substituents is 1. The van der Waals surface area contributed by atoms with Gasteiger partial charge in [0.25, 0.3) is 5.69 Å². The fraction of sp³-hybridized carbons (Fsp3) is 0.160. The number of ether oxygens (including phenoxy) is 1. The lowest BCUT2D eigenvalue weighted by Crippen LogP contribution is -2.35. The number of likely N-dealkylation sites (N-methyl/N-ethyl adjacent to an activating group) is 1. The van der Waals surface area contributed by atoms with Crippen LogP contribution in [0.1, 0.15) is 28.5 Å². The molecule has 0 aliphatic rings. The normalized spacial score (nSPS) is 11.0. The van der Waals surface area contributed by atoms with Crippen LogP contribution in [-0.4, -0.2) is 42.0 Å². The van der Waals surface area contributed by atoms with E-state index in [1.807, 2.05) is 30.3 Å². The SMILES string of the molecule is CNC(C)C(=O)Nc1ccc(-c2cc(C(=O)OC)cc([N+](=O)[O-])c2)c(C#Cc2ccccc2)n1. The Labute approximate surface area is 196 Å². The molecule has 9 heteroatoms. The second-order valence-electron chi connectivity index (χ2n) is 7.23. The fourth-order valence-corrected chi connectivity index (χ4v) is 2.98. The molecular formula is C25H22N4O5. The van der Waals surface area contributed by atoms with Crippen LogP contribution in [0.2, 0.25) is 0 Å². The summed E-state index contributed by atoms with van der Waals surface area (Å²) < 4.78 is 4.73. The molecule has 2 aromatic carbocycles. The minimum Gasteiger partial charge on any atom is -0.465 e. The van der Waals surface area contributed by atoms with E-state index >= 15 is 0 Å². The lowest BCUT2D eigenvalue weighted by Gasteiger charge is -2.12. The average molecular weight is 458 g/mol. The quantitative estimate of drug-likeness (QED) is 0.251. The number of hydrogen-bond acceptors (Lipinski definition) is 7. The molecule has 9 nitrogen and oxygen atoms in total. The van der Waals surface area contributed by atoms with Crippen molar-refractivity contribution in [2.75, 3.05) is 19.5 Å². The lowest BCUT2D eigenvalue weighted by atomic mass is 10.00. The van der Waals surface area contributed by atoms with Gasteiger partial charge in [0.05, 0.1) is 23.6 Å². The van der Waals surface area contributed by atoms with Crippen LogP contribution in [0.15, 0.2) is 60.7 Å². The van der Waals surface area contributed by atoms with E-state index in [-0.39, 0.29) is 28.7 Å². The van der Waals surface area contributed by atoms with Crippen LogP contribution >= 0.6 is 0 Å². The van der Waals surface area contributed by atoms with Crippen LogP contribution in [0.4, 0.5) is 11.5 Å². The van der Waals surface area contributed by atoms with Gasteiger partial charge in [-0.15, -0.1) is 0 Å². The molecule has 2 N–H and O–H groups in total. The van der Waals surface area contributed by atoms with Gasteiger partial charge in [-0.2, -0.15) is 0 Å². The van der Waals surface area contributed by atoms with Gasteiger partial charge in [-0.3, -0.25) is 14.9 Å². The molecule has 1 aromatic heterocycles. The van der Waals surface area contributed by atoms with Crippen LogP contribution in [0.5, 0.6) is 0 Å². The molecular weight excluding hydrogens is 436 g/mol. The van der Waals surface area contributed by atoms with Crippen molar-refractivity contribution in [1.82, 2.24) is 10.3 Å². The summed E-state index contributed by atoms with van der Waals surface area (Å²) in [4.78, 5) is 39.7. The molecule has 172 valence electrons. The minimum atomic E-state index is -0.709. The van der Waals surface area contributed by atoms with E-state index in [1.54, 1.807) is 26.1 Å². The minimum absolute atomic E-state index is 0.0221. The number of benzene rings is 2. The molecule has 0 radical (unpaired) electrons. The highest BCUT2D eigenvalue weighted by Gasteiger charge is 2.18. The molecule has 0 saturated carbocycles. The number of nitro groups is 1. The summed E-state index contributed by atoms with van der Waals surface area (Å²) in [7, 11) is 2.86. The maximum atomic E-state index is 12.3. The molecule has 3 rings (SSSR count). The Hall–Kier alpha value is -4.55. The van der Waals surface area contributed by atoms with Gasteiger partial charge in [-0.05, 0) is 55.8 Å². The highest BCUT2D eigenvalue weighted by molar-refractivity contribution is 5.94. The number of nitrogens with one attached hydrogen (secondary N) is 2. The van der Waals surface area contributed by atoms with Gasteiger partial charge >= 0.3 is 5.97 Å². The number of nitrogens with zero attached hydrogens (tertiary/aromatic N) is 2. The van der Waals surface area contributed by atoms with Crippen molar-refractivity contribution in [2.24, 2.45) is 0 Å². The van der Waals surface area contributed by atoms with Crippen LogP contribution < -0.4 is 10.6 Å². The van der Waals surface area contributed by atoms with Crippen molar-refractivity contribution >= 4 is 23.4 Å². The van der Waals surface area contributed by atoms with Crippen LogP contribution in [-0.2, 0) is 9.53 Å². The first-order valence-electron chi connectivity index (χ1n) is 10.3. The third-order valence-electron chi connectivity index (χ3n) is 4.93. The van der Waals surface area contributed by atoms with Crippen LogP contribution in [0, 0.1) is 22.0 Å². The van der Waals surface area contributed by atoms with Crippen molar-refractivity contribution in [2.45, 2.75) is 13.0 Å². The number of carbonyl (C=O) groups excluding carboxylic acids is 2. The van der Waals surface area contributed by atoms with E-state index in [4.69, 9.17) is 4.74 Å². The molecule has 0 aliphatic heterocycles. The van der Waals surface area contributed by atoms with Gasteiger partial charge in [-0.25, -0.2) is 9.78 Å². The molecule has 1 atom stereocenters. The molecule has 1 unspecified atom stereocenters. The van der Waals surface area contributed by atoms with E-state index < -0.39 is 16.9 Å². The molecule has 1 amide bonds. The molecule has 3 aromatic rings. The van der Waals surface area contributed by atoms with Gasteiger partial charge < -0.3 is 15.4 Å². The first kappa shape index (κ1) is 24.1. The van der Waals surface area contributed by atoms with Gasteiger partial charge in [-0.1, -0.05) is 24.1 Å². The predicted molar refractivity (Wildman–Crippen MR) is 127 cm³/mol. The van der Waals surface area contributed by atoms with Crippen LogP contribution in [0.3, 0.4) is 0 Å². The first-order valence-corrected chi connectivity index (χ1v) is 10.3. The molecule has 0 saturated heterocycles. The molecule has 34 heavy (non-hydrogen) atoms. The molecule has 0 aliphatic carbocycles. The summed E-state index contributed by atoms with van der Waals surface area (Å²) in [5.41, 5.74) is 1.57. The number of hydrogen-bond donors (Lipinski definition) is 2. The summed E-state index contributed by atoms with van der Waals surface area (Å²) in [6, 6.07) is 15.9. The van der Waals surface area contributed by atoms with Gasteiger partial charge in [0.15, 0.2) is 0 Å². The standard InChI is InChI=1S/C25H22N4O5/c1-16(26-2)24(30)28-23-12-10-21(22(27-23)11-9-17-7-5-4-6-8-17)18-13-19(25(31)34-3)15-20(14-18)29(32)33/h4-8,10,12-16,26H,1-3H3,(H,27,28,30). The maximum absolute atomic E-state index is 12.3. The van der Waals surface area contributed by atoms with Crippen molar-refractivity contribution in [1.29, 1.82) is 0 Å². The van der Waals surface area contributed by atoms with E-state index in [0.29, 0.717) is 11.1 Å². The summed E-state index contributed by atoms with van der Waals surface area (Å²) >= 11 is 0. The second kappa shape index (κ2) is 10.8. The molecule has 0 fully saturated rings. The summed E-state index contributed by atoms with van der Waals surface area (Å²) in [6.07, 6.45) is 0. The Morgan fingerprint density at radius 2 is 1.82 bits per heavy atom. The number of methoxy groups -OCH3 is 1. The van der Waals surface area contributed by atoms with Crippen molar-refractivity contribution in [3.8, 4) is 23.0 Å². The number of rotatable bonds is 6. The first-order chi connectivity index (χ1) is 16.3. The Balaban J connectivity index is 2.15. The van der Waals surface area contributed by atoms with Crippen molar-refractivity contribution in [3.63, 3.8) is 0 Å². The summed E-state index contributed by atoms with van der Waals surface area (Å²) in [5.74, 6) is 5.27. The smallest absolute Gasteiger partial charge is 0.338 e. The van der Waals surface area contributed by atoms with Gasteiger partial charge in [0.1, 0.15) is 11.5 Å². The Morgan fingerprint density at radius 3 is 2.47 bits per heavy atom. The Bertz CT molecular complexity index is 1300. The number of nitro benzene ring substituents is 1. The van der Waals surface area contributed by atoms with Crippen molar-refractivity contribution in [3.05, 3.63) is 87.6 Å². The highest BCUT2D eigenvalue weighted by atomic mass is 16.6. The largest absolute Gasteiger partial charge is 0.465 e. The highest BCUT2D eigenvalue weighted by Crippen LogP contribution is 2.29. The van der Waals surface area contributed by atoms with Crippen molar-refractivity contribution < 1.29 is 19.2 Å². The number of amides is 1. The predicted octanol–water partition coefficient (Wildman–Crippen LogP) is 3.39. The van der Waals surface area contributed by atoms with Gasteiger partial charge in [0.2, 0.25) is 5.91 Å². The molecule has 1 heterocycles. The maximum Gasteiger partial charge on any atom is 0.338 e. The van der Waals surface area contributed by atoms with E-state index in [0.717, 1.165) is 11.6 Å². The van der Waals surface area contributed by atoms with Gasteiger partial charge in [0, 0.05) is 23.3 Å². The summed E-state index contributed by atoms with van der Waals surface area (Å²) in [5, 5.41) is 17.0. The zero-order valence-electron chi connectivity index (χ0n) is 18.8. The Kier molecular flexibility index (Phi) is 7.69. The monoisotopic (exact) mass is 458 g/mol. The zero-order chi connectivity index (χ0) is 24.7. The van der Waals surface area contributed by atoms with E-state index in [2.05, 4.69) is 27.5 Å². The molecule has 0 spiro atoms. The lowest BCUT2D eigenvalue weighted by molar-refractivity contribution is -0.384. The number of anilines is 1. The number of aromatic nitrogens is 1. The summed E-state index contributed by atoms with van der Waals surface area (Å²) in [6.45, 7) is 1.71. The Morgan fingerprint density at radius 1 is 1.09 bits per heavy atom. The molecule has 0 bridgehead atoms.